The van der Waals surface area contributed by atoms with Crippen molar-refractivity contribution in [3.63, 3.8) is 0 Å². The highest BCUT2D eigenvalue weighted by Gasteiger charge is 2.33. The first-order chi connectivity index (χ1) is 14.7. The van der Waals surface area contributed by atoms with Crippen LogP contribution in [0.15, 0.2) is 46.7 Å². The van der Waals surface area contributed by atoms with Crippen molar-refractivity contribution in [3.8, 4) is 0 Å². The van der Waals surface area contributed by atoms with Gasteiger partial charge in [0, 0.05) is 29.9 Å². The molecule has 0 amide bonds. The van der Waals surface area contributed by atoms with Crippen LogP contribution in [0.5, 0.6) is 0 Å². The van der Waals surface area contributed by atoms with E-state index in [4.69, 9.17) is 28.2 Å². The number of benzene rings is 2. The molecule has 0 radical (unpaired) electrons. The van der Waals surface area contributed by atoms with Crippen LogP contribution in [-0.4, -0.2) is 31.7 Å². The summed E-state index contributed by atoms with van der Waals surface area (Å²) >= 11 is 13.8. The molecule has 164 valence electrons. The maximum absolute atomic E-state index is 13.1. The van der Waals surface area contributed by atoms with Gasteiger partial charge in [-0.25, -0.2) is 13.4 Å². The fraction of sp³-hybridized carbons (Fsp3) is 0.348. The summed E-state index contributed by atoms with van der Waals surface area (Å²) in [6, 6.07) is 11.2. The third kappa shape index (κ3) is 5.08. The molecule has 2 aromatic carbocycles. The number of piperidine rings is 1. The lowest BCUT2D eigenvalue weighted by atomic mass is 10.0. The van der Waals surface area contributed by atoms with Gasteiger partial charge in [-0.15, -0.1) is 11.3 Å². The molecule has 0 N–H and O–H groups in total. The van der Waals surface area contributed by atoms with Crippen LogP contribution in [0, 0.1) is 13.8 Å². The molecule has 4 rings (SSSR count). The Bertz CT molecular complexity index is 1180. The number of sulfone groups is 1. The fourth-order valence-corrected chi connectivity index (χ4v) is 7.51. The Morgan fingerprint density at radius 3 is 2.42 bits per heavy atom. The highest BCUT2D eigenvalue weighted by molar-refractivity contribution is 7.92. The number of aromatic nitrogens is 1. The number of nitrogens with zero attached hydrogens (tertiary/aromatic N) is 2. The van der Waals surface area contributed by atoms with Gasteiger partial charge in [-0.05, 0) is 50.5 Å². The minimum Gasteiger partial charge on any atom is -0.348 e. The van der Waals surface area contributed by atoms with E-state index in [0.29, 0.717) is 31.0 Å². The summed E-state index contributed by atoms with van der Waals surface area (Å²) < 4.78 is 26.2. The first-order valence-corrected chi connectivity index (χ1v) is 13.4. The van der Waals surface area contributed by atoms with Gasteiger partial charge in [-0.1, -0.05) is 52.5 Å². The maximum Gasteiger partial charge on any atom is 0.185 e. The first kappa shape index (κ1) is 22.6. The Labute approximate surface area is 197 Å². The highest BCUT2D eigenvalue weighted by Crippen LogP contribution is 2.33. The Morgan fingerprint density at radius 1 is 1.06 bits per heavy atom. The first-order valence-electron chi connectivity index (χ1n) is 10.2. The molecule has 0 saturated carbocycles. The number of hydrogen-bond donors (Lipinski definition) is 0. The zero-order valence-electron chi connectivity index (χ0n) is 17.4. The van der Waals surface area contributed by atoms with Crippen molar-refractivity contribution in [2.75, 3.05) is 18.0 Å². The standard InChI is InChI=1S/C23H24Cl2N2O2S2/c1-15-9-16(2)11-17(10-15)12-19-14-30-23(26-19)27-7-5-20(6-8-27)31(28,29)22-13-18(24)3-4-21(22)25/h3-4,9-11,13-14,20H,5-8,12H2,1-2H3. The minimum absolute atomic E-state index is 0.130. The number of hydrogen-bond acceptors (Lipinski definition) is 5. The van der Waals surface area contributed by atoms with Gasteiger partial charge in [0.2, 0.25) is 0 Å². The molecule has 2 heterocycles. The van der Waals surface area contributed by atoms with Gasteiger partial charge in [-0.3, -0.25) is 0 Å². The van der Waals surface area contributed by atoms with Crippen LogP contribution >= 0.6 is 34.5 Å². The van der Waals surface area contributed by atoms with Gasteiger partial charge in [0.25, 0.3) is 0 Å². The number of aryl methyl sites for hydroxylation is 2. The second-order valence-corrected chi connectivity index (χ2v) is 12.0. The van der Waals surface area contributed by atoms with Gasteiger partial charge < -0.3 is 4.90 Å². The van der Waals surface area contributed by atoms with Crippen LogP contribution in [0.1, 0.15) is 35.2 Å². The van der Waals surface area contributed by atoms with Crippen LogP contribution in [0.25, 0.3) is 0 Å². The zero-order chi connectivity index (χ0) is 22.2. The molecule has 0 atom stereocenters. The van der Waals surface area contributed by atoms with Crippen molar-refractivity contribution in [1.29, 1.82) is 0 Å². The largest absolute Gasteiger partial charge is 0.348 e. The third-order valence-electron chi connectivity index (χ3n) is 5.56. The van der Waals surface area contributed by atoms with E-state index in [1.807, 2.05) is 0 Å². The summed E-state index contributed by atoms with van der Waals surface area (Å²) in [4.78, 5) is 7.13. The van der Waals surface area contributed by atoms with Crippen molar-refractivity contribution >= 4 is 49.5 Å². The second-order valence-electron chi connectivity index (χ2n) is 8.10. The molecule has 31 heavy (non-hydrogen) atoms. The number of halogens is 2. The summed E-state index contributed by atoms with van der Waals surface area (Å²) in [5, 5.41) is 3.19. The number of anilines is 1. The smallest absolute Gasteiger partial charge is 0.185 e. The van der Waals surface area contributed by atoms with E-state index in [1.54, 1.807) is 23.5 Å². The Hall–Kier alpha value is -1.60. The molecule has 1 aliphatic rings. The molecule has 0 unspecified atom stereocenters. The lowest BCUT2D eigenvalue weighted by Crippen LogP contribution is -2.39. The summed E-state index contributed by atoms with van der Waals surface area (Å²) in [7, 11) is -3.52. The monoisotopic (exact) mass is 494 g/mol. The predicted molar refractivity (Wildman–Crippen MR) is 130 cm³/mol. The number of rotatable bonds is 5. The molecule has 0 spiro atoms. The van der Waals surface area contributed by atoms with Crippen LogP contribution in [0.3, 0.4) is 0 Å². The van der Waals surface area contributed by atoms with Crippen molar-refractivity contribution in [3.05, 3.63) is 74.2 Å². The van der Waals surface area contributed by atoms with E-state index in [1.165, 1.54) is 22.8 Å². The van der Waals surface area contributed by atoms with Crippen molar-refractivity contribution in [1.82, 2.24) is 4.98 Å². The molecule has 1 aromatic heterocycles. The van der Waals surface area contributed by atoms with Crippen LogP contribution < -0.4 is 4.90 Å². The van der Waals surface area contributed by atoms with E-state index in [9.17, 15) is 8.42 Å². The maximum atomic E-state index is 13.1. The molecule has 1 fully saturated rings. The van der Waals surface area contributed by atoms with Crippen LogP contribution in [0.4, 0.5) is 5.13 Å². The van der Waals surface area contributed by atoms with E-state index in [0.717, 1.165) is 17.2 Å². The lowest BCUT2D eigenvalue weighted by Gasteiger charge is -2.31. The average Bonchev–Trinajstić information content (AvgIpc) is 3.17. The van der Waals surface area contributed by atoms with E-state index in [-0.39, 0.29) is 9.92 Å². The Morgan fingerprint density at radius 2 is 1.74 bits per heavy atom. The van der Waals surface area contributed by atoms with Gasteiger partial charge in [0.05, 0.1) is 20.9 Å². The van der Waals surface area contributed by atoms with E-state index >= 15 is 0 Å². The van der Waals surface area contributed by atoms with Gasteiger partial charge in [0.15, 0.2) is 15.0 Å². The van der Waals surface area contributed by atoms with Gasteiger partial charge >= 0.3 is 0 Å². The third-order valence-corrected chi connectivity index (χ3v) is 9.48. The summed E-state index contributed by atoms with van der Waals surface area (Å²) in [5.41, 5.74) is 4.82. The lowest BCUT2D eigenvalue weighted by molar-refractivity contribution is 0.529. The molecular weight excluding hydrogens is 471 g/mol. The normalized spacial score (nSPS) is 15.4. The zero-order valence-corrected chi connectivity index (χ0v) is 20.6. The van der Waals surface area contributed by atoms with Crippen LogP contribution in [-0.2, 0) is 16.3 Å². The summed E-state index contributed by atoms with van der Waals surface area (Å²) in [5.74, 6) is 0. The molecule has 0 aliphatic carbocycles. The van der Waals surface area contributed by atoms with Gasteiger partial charge in [0.1, 0.15) is 0 Å². The van der Waals surface area contributed by atoms with E-state index in [2.05, 4.69) is 42.3 Å². The predicted octanol–water partition coefficient (Wildman–Crippen LogP) is 6.10. The fourth-order valence-electron chi connectivity index (χ4n) is 4.14. The van der Waals surface area contributed by atoms with Crippen molar-refractivity contribution in [2.24, 2.45) is 0 Å². The second kappa shape index (κ2) is 9.10. The SMILES string of the molecule is Cc1cc(C)cc(Cc2csc(N3CCC(S(=O)(=O)c4cc(Cl)ccc4Cl)CC3)n2)c1. The molecular formula is C23H24Cl2N2O2S2. The molecule has 3 aromatic rings. The average molecular weight is 495 g/mol. The van der Waals surface area contributed by atoms with Crippen molar-refractivity contribution in [2.45, 2.75) is 43.3 Å². The Balaban J connectivity index is 1.43. The van der Waals surface area contributed by atoms with E-state index < -0.39 is 15.1 Å². The summed E-state index contributed by atoms with van der Waals surface area (Å²) in [6.07, 6.45) is 1.88. The molecule has 4 nitrogen and oxygen atoms in total. The van der Waals surface area contributed by atoms with Gasteiger partial charge in [-0.2, -0.15) is 0 Å². The molecule has 1 saturated heterocycles. The van der Waals surface area contributed by atoms with Crippen molar-refractivity contribution < 1.29 is 8.42 Å². The van der Waals surface area contributed by atoms with Crippen LogP contribution in [0.2, 0.25) is 10.0 Å². The summed E-state index contributed by atoms with van der Waals surface area (Å²) in [6.45, 7) is 5.52. The number of thiazole rings is 1. The minimum atomic E-state index is -3.52. The topological polar surface area (TPSA) is 50.3 Å². The highest BCUT2D eigenvalue weighted by atomic mass is 35.5. The molecule has 0 bridgehead atoms. The molecule has 1 aliphatic heterocycles. The Kier molecular flexibility index (Phi) is 6.63. The molecule has 8 heteroatoms. The quantitative estimate of drug-likeness (QED) is 0.429.